The van der Waals surface area contributed by atoms with Crippen molar-refractivity contribution in [2.24, 2.45) is 0 Å². The number of rotatable bonds is 2. The average molecular weight is 470 g/mol. The van der Waals surface area contributed by atoms with Gasteiger partial charge in [-0.3, -0.25) is 0 Å². The summed E-state index contributed by atoms with van der Waals surface area (Å²) in [6.45, 7) is 0. The molecule has 0 saturated carbocycles. The van der Waals surface area contributed by atoms with Gasteiger partial charge in [-0.25, -0.2) is 0 Å². The van der Waals surface area contributed by atoms with Crippen LogP contribution in [0.15, 0.2) is 66.7 Å². The van der Waals surface area contributed by atoms with Crippen LogP contribution in [0.25, 0.3) is 0 Å². The Balaban J connectivity index is 1.74. The van der Waals surface area contributed by atoms with Crippen molar-refractivity contribution in [3.63, 3.8) is 0 Å². The Morgan fingerprint density at radius 3 is 1.54 bits per heavy atom. The molecular weight excluding hydrogens is 448 g/mol. The SMILES string of the molecule is Oc1ccc([C@@H]2c3c(O)cc(O)cc3C3c4c(O)cc(O)cc4[C@H]2[C@@H]3c2ccc(O)cc2O)cc1. The monoisotopic (exact) mass is 470 g/mol. The molecule has 2 aliphatic rings. The second-order valence-corrected chi connectivity index (χ2v) is 9.28. The maximum Gasteiger partial charge on any atom is 0.123 e. The van der Waals surface area contributed by atoms with Crippen molar-refractivity contribution in [2.45, 2.75) is 23.7 Å². The lowest BCUT2D eigenvalue weighted by Gasteiger charge is -2.40. The molecule has 7 heteroatoms. The van der Waals surface area contributed by atoms with Crippen molar-refractivity contribution in [1.82, 2.24) is 0 Å². The van der Waals surface area contributed by atoms with Crippen LogP contribution in [-0.2, 0) is 0 Å². The third-order valence-corrected chi connectivity index (χ3v) is 7.40. The number of hydrogen-bond acceptors (Lipinski definition) is 7. The molecule has 0 saturated heterocycles. The zero-order chi connectivity index (χ0) is 24.6. The molecule has 0 amide bonds. The molecule has 35 heavy (non-hydrogen) atoms. The minimum atomic E-state index is -0.563. The van der Waals surface area contributed by atoms with E-state index in [1.807, 2.05) is 0 Å². The van der Waals surface area contributed by atoms with E-state index in [2.05, 4.69) is 0 Å². The van der Waals surface area contributed by atoms with Crippen molar-refractivity contribution in [2.75, 3.05) is 0 Å². The highest BCUT2D eigenvalue weighted by molar-refractivity contribution is 5.69. The molecule has 4 atom stereocenters. The van der Waals surface area contributed by atoms with E-state index in [0.717, 1.165) is 5.56 Å². The molecule has 2 bridgehead atoms. The topological polar surface area (TPSA) is 142 Å². The Labute approximate surface area is 200 Å². The molecule has 0 aliphatic heterocycles. The Hall–Kier alpha value is -4.52. The van der Waals surface area contributed by atoms with Crippen LogP contribution in [0, 0.1) is 0 Å². The summed E-state index contributed by atoms with van der Waals surface area (Å²) in [4.78, 5) is 0. The molecule has 0 radical (unpaired) electrons. The Kier molecular flexibility index (Phi) is 4.35. The highest BCUT2D eigenvalue weighted by Crippen LogP contribution is 2.69. The molecule has 0 aromatic heterocycles. The molecule has 1 unspecified atom stereocenters. The summed E-state index contributed by atoms with van der Waals surface area (Å²) in [5.74, 6) is -2.65. The quantitative estimate of drug-likeness (QED) is 0.223. The van der Waals surface area contributed by atoms with Gasteiger partial charge in [-0.15, -0.1) is 0 Å². The second-order valence-electron chi connectivity index (χ2n) is 9.28. The van der Waals surface area contributed by atoms with Gasteiger partial charge in [0, 0.05) is 53.0 Å². The van der Waals surface area contributed by atoms with Gasteiger partial charge in [0.25, 0.3) is 0 Å². The van der Waals surface area contributed by atoms with Gasteiger partial charge in [0.15, 0.2) is 0 Å². The first-order valence-electron chi connectivity index (χ1n) is 11.2. The summed E-state index contributed by atoms with van der Waals surface area (Å²) < 4.78 is 0. The first-order chi connectivity index (χ1) is 16.7. The van der Waals surface area contributed by atoms with Crippen molar-refractivity contribution in [3.8, 4) is 40.2 Å². The van der Waals surface area contributed by atoms with Crippen LogP contribution in [0.2, 0.25) is 0 Å². The van der Waals surface area contributed by atoms with Gasteiger partial charge in [0.2, 0.25) is 0 Å². The molecular formula is C28H22O7. The molecule has 7 N–H and O–H groups in total. The summed E-state index contributed by atoms with van der Waals surface area (Å²) in [5.41, 5.74) is 3.61. The largest absolute Gasteiger partial charge is 0.508 e. The summed E-state index contributed by atoms with van der Waals surface area (Å²) >= 11 is 0. The summed E-state index contributed by atoms with van der Waals surface area (Å²) in [6.07, 6.45) is 0. The third-order valence-electron chi connectivity index (χ3n) is 7.40. The van der Waals surface area contributed by atoms with Crippen molar-refractivity contribution < 1.29 is 35.7 Å². The Morgan fingerprint density at radius 1 is 0.400 bits per heavy atom. The zero-order valence-corrected chi connectivity index (χ0v) is 18.3. The fourth-order valence-corrected chi connectivity index (χ4v) is 6.24. The van der Waals surface area contributed by atoms with E-state index in [9.17, 15) is 35.7 Å². The van der Waals surface area contributed by atoms with E-state index in [0.29, 0.717) is 27.8 Å². The lowest BCUT2D eigenvalue weighted by atomic mass is 9.62. The van der Waals surface area contributed by atoms with E-state index in [-0.39, 0.29) is 40.2 Å². The standard InChI is InChI=1S/C28H22O7/c29-13-3-1-12(2-4-13)23-24-18(7-15(31)10-21(24)34)28-25-19(8-16(32)11-22(25)35)27(23)26(28)17-6-5-14(30)9-20(17)33/h1-11,23,26-35H/t23-,26+,27-,28?/m1/s1. The fourth-order valence-electron chi connectivity index (χ4n) is 6.24. The van der Waals surface area contributed by atoms with E-state index < -0.39 is 23.7 Å². The van der Waals surface area contributed by atoms with Crippen LogP contribution in [0.5, 0.6) is 40.2 Å². The molecule has 0 spiro atoms. The van der Waals surface area contributed by atoms with E-state index in [4.69, 9.17) is 0 Å². The maximum absolute atomic E-state index is 11.0. The van der Waals surface area contributed by atoms with Gasteiger partial charge in [-0.2, -0.15) is 0 Å². The molecule has 0 heterocycles. The molecule has 7 nitrogen and oxygen atoms in total. The van der Waals surface area contributed by atoms with Gasteiger partial charge in [0.05, 0.1) is 0 Å². The number of aromatic hydroxyl groups is 7. The zero-order valence-electron chi connectivity index (χ0n) is 18.3. The van der Waals surface area contributed by atoms with Crippen molar-refractivity contribution >= 4 is 0 Å². The predicted octanol–water partition coefficient (Wildman–Crippen LogP) is 4.78. The van der Waals surface area contributed by atoms with Gasteiger partial charge in [-0.05, 0) is 52.6 Å². The van der Waals surface area contributed by atoms with Crippen LogP contribution in [0.3, 0.4) is 0 Å². The van der Waals surface area contributed by atoms with E-state index in [1.165, 1.54) is 24.3 Å². The number of fused-ring (bicyclic) bond motifs is 7. The van der Waals surface area contributed by atoms with Crippen molar-refractivity contribution in [3.05, 3.63) is 100 Å². The lowest BCUT2D eigenvalue weighted by Crippen LogP contribution is -2.26. The normalized spacial score (nSPS) is 21.9. The summed E-state index contributed by atoms with van der Waals surface area (Å²) in [6, 6.07) is 16.6. The van der Waals surface area contributed by atoms with Gasteiger partial charge < -0.3 is 35.7 Å². The van der Waals surface area contributed by atoms with E-state index >= 15 is 0 Å². The minimum Gasteiger partial charge on any atom is -0.508 e. The molecule has 176 valence electrons. The predicted molar refractivity (Wildman–Crippen MR) is 127 cm³/mol. The average Bonchev–Trinajstić information content (AvgIpc) is 3.04. The number of benzene rings is 4. The van der Waals surface area contributed by atoms with Crippen LogP contribution in [0.4, 0.5) is 0 Å². The minimum absolute atomic E-state index is 0.0763. The van der Waals surface area contributed by atoms with Crippen molar-refractivity contribution in [1.29, 1.82) is 0 Å². The molecule has 4 aromatic carbocycles. The van der Waals surface area contributed by atoms with Gasteiger partial charge in [0.1, 0.15) is 40.2 Å². The summed E-state index contributed by atoms with van der Waals surface area (Å²) in [7, 11) is 0. The van der Waals surface area contributed by atoms with Gasteiger partial charge >= 0.3 is 0 Å². The van der Waals surface area contributed by atoms with Crippen LogP contribution in [0.1, 0.15) is 57.1 Å². The maximum atomic E-state index is 11.0. The smallest absolute Gasteiger partial charge is 0.123 e. The Morgan fingerprint density at radius 2 is 0.914 bits per heavy atom. The summed E-state index contributed by atoms with van der Waals surface area (Å²) in [5, 5.41) is 73.5. The first-order valence-corrected chi connectivity index (χ1v) is 11.2. The number of hydrogen-bond donors (Lipinski definition) is 7. The van der Waals surface area contributed by atoms with Crippen LogP contribution in [-0.4, -0.2) is 35.7 Å². The molecule has 6 rings (SSSR count). The Bertz CT molecular complexity index is 1490. The highest BCUT2D eigenvalue weighted by atomic mass is 16.3. The fraction of sp³-hybridized carbons (Fsp3) is 0.143. The molecule has 4 aromatic rings. The molecule has 2 aliphatic carbocycles. The second kappa shape index (κ2) is 7.24. The first kappa shape index (κ1) is 21.0. The molecule has 0 fully saturated rings. The van der Waals surface area contributed by atoms with E-state index in [1.54, 1.807) is 42.5 Å². The van der Waals surface area contributed by atoms with Crippen LogP contribution >= 0.6 is 0 Å². The lowest BCUT2D eigenvalue weighted by molar-refractivity contribution is 0.393. The number of phenolic OH excluding ortho intramolecular Hbond substituents is 7. The van der Waals surface area contributed by atoms with Crippen LogP contribution < -0.4 is 0 Å². The number of phenols is 7. The van der Waals surface area contributed by atoms with Gasteiger partial charge in [-0.1, -0.05) is 18.2 Å². The third kappa shape index (κ3) is 2.98. The highest BCUT2D eigenvalue weighted by Gasteiger charge is 2.54.